The van der Waals surface area contributed by atoms with Gasteiger partial charge in [0.15, 0.2) is 6.61 Å². The van der Waals surface area contributed by atoms with E-state index in [1.165, 1.54) is 19.1 Å². The maximum absolute atomic E-state index is 13.4. The average molecular weight is 370 g/mol. The zero-order chi connectivity index (χ0) is 19.4. The standard InChI is InChI=1S/C21H23FN2O3/c1-3-23-20(26)13-27-18-9-6-15-10-11-24(14(2)25)21(19(15)12-18)16-4-7-17(22)8-5-16/h4-9,12,21H,3,10-11,13H2,1-2H3,(H,23,26). The number of carbonyl (C=O) groups is 2. The summed E-state index contributed by atoms with van der Waals surface area (Å²) in [4.78, 5) is 25.6. The number of hydrogen-bond donors (Lipinski definition) is 1. The van der Waals surface area contributed by atoms with Crippen LogP contribution in [-0.4, -0.2) is 36.4 Å². The normalized spacial score (nSPS) is 15.8. The molecule has 2 aromatic rings. The molecule has 1 aliphatic rings. The van der Waals surface area contributed by atoms with E-state index in [1.807, 2.05) is 25.1 Å². The molecule has 142 valence electrons. The Morgan fingerprint density at radius 1 is 1.22 bits per heavy atom. The van der Waals surface area contributed by atoms with E-state index >= 15 is 0 Å². The third-order valence-electron chi connectivity index (χ3n) is 4.68. The molecule has 0 aromatic heterocycles. The SMILES string of the molecule is CCNC(=O)COc1ccc2c(c1)C(c1ccc(F)cc1)N(C(C)=O)CC2. The van der Waals surface area contributed by atoms with Crippen LogP contribution in [0.3, 0.4) is 0 Å². The van der Waals surface area contributed by atoms with Gasteiger partial charge >= 0.3 is 0 Å². The van der Waals surface area contributed by atoms with Crippen LogP contribution in [0.1, 0.15) is 36.6 Å². The molecule has 0 aliphatic carbocycles. The van der Waals surface area contributed by atoms with Gasteiger partial charge in [0.05, 0.1) is 6.04 Å². The summed E-state index contributed by atoms with van der Waals surface area (Å²) in [6.45, 7) is 4.47. The van der Waals surface area contributed by atoms with E-state index in [0.717, 1.165) is 23.1 Å². The lowest BCUT2D eigenvalue weighted by atomic mass is 9.88. The van der Waals surface area contributed by atoms with E-state index in [9.17, 15) is 14.0 Å². The molecule has 0 saturated heterocycles. The Bertz CT molecular complexity index is 836. The monoisotopic (exact) mass is 370 g/mol. The number of ether oxygens (including phenoxy) is 1. The van der Waals surface area contributed by atoms with Crippen LogP contribution in [0.25, 0.3) is 0 Å². The molecule has 3 rings (SSSR count). The van der Waals surface area contributed by atoms with Gasteiger partial charge < -0.3 is 15.0 Å². The van der Waals surface area contributed by atoms with Crippen molar-refractivity contribution < 1.29 is 18.7 Å². The predicted octanol–water partition coefficient (Wildman–Crippen LogP) is 2.83. The molecule has 27 heavy (non-hydrogen) atoms. The lowest BCUT2D eigenvalue weighted by molar-refractivity contribution is -0.130. The van der Waals surface area contributed by atoms with Gasteiger partial charge in [0.1, 0.15) is 11.6 Å². The summed E-state index contributed by atoms with van der Waals surface area (Å²) in [5.74, 6) is 0.0278. The molecule has 1 unspecified atom stereocenters. The van der Waals surface area contributed by atoms with Crippen molar-refractivity contribution in [1.29, 1.82) is 0 Å². The second-order valence-electron chi connectivity index (χ2n) is 6.52. The number of benzene rings is 2. The molecule has 1 heterocycles. The Labute approximate surface area is 158 Å². The number of amides is 2. The molecule has 0 saturated carbocycles. The maximum Gasteiger partial charge on any atom is 0.257 e. The third-order valence-corrected chi connectivity index (χ3v) is 4.68. The second-order valence-corrected chi connectivity index (χ2v) is 6.52. The van der Waals surface area contributed by atoms with Crippen molar-refractivity contribution in [2.24, 2.45) is 0 Å². The van der Waals surface area contributed by atoms with Gasteiger partial charge in [-0.2, -0.15) is 0 Å². The van der Waals surface area contributed by atoms with Crippen molar-refractivity contribution in [3.63, 3.8) is 0 Å². The van der Waals surface area contributed by atoms with E-state index in [1.54, 1.807) is 17.0 Å². The van der Waals surface area contributed by atoms with E-state index in [-0.39, 0.29) is 30.3 Å². The first kappa shape index (κ1) is 18.9. The number of hydrogen-bond acceptors (Lipinski definition) is 3. The van der Waals surface area contributed by atoms with Gasteiger partial charge in [-0.15, -0.1) is 0 Å². The first-order valence-corrected chi connectivity index (χ1v) is 9.04. The van der Waals surface area contributed by atoms with E-state index < -0.39 is 0 Å². The number of carbonyl (C=O) groups excluding carboxylic acids is 2. The van der Waals surface area contributed by atoms with Crippen molar-refractivity contribution in [1.82, 2.24) is 10.2 Å². The number of halogens is 1. The highest BCUT2D eigenvalue weighted by molar-refractivity contribution is 5.77. The second kappa shape index (κ2) is 8.20. The van der Waals surface area contributed by atoms with Crippen molar-refractivity contribution in [3.8, 4) is 5.75 Å². The highest BCUT2D eigenvalue weighted by atomic mass is 19.1. The lowest BCUT2D eigenvalue weighted by Gasteiger charge is -2.37. The molecular weight excluding hydrogens is 347 g/mol. The summed E-state index contributed by atoms with van der Waals surface area (Å²) in [6.07, 6.45) is 0.739. The third kappa shape index (κ3) is 4.27. The van der Waals surface area contributed by atoms with Crippen molar-refractivity contribution in [3.05, 3.63) is 65.0 Å². The number of nitrogens with zero attached hydrogens (tertiary/aromatic N) is 1. The van der Waals surface area contributed by atoms with Gasteiger partial charge in [-0.1, -0.05) is 18.2 Å². The number of likely N-dealkylation sites (N-methyl/N-ethyl adjacent to an activating group) is 1. The average Bonchev–Trinajstić information content (AvgIpc) is 2.66. The summed E-state index contributed by atoms with van der Waals surface area (Å²) in [5.41, 5.74) is 2.90. The Balaban J connectivity index is 1.94. The minimum atomic E-state index is -0.317. The maximum atomic E-state index is 13.4. The molecule has 2 aromatic carbocycles. The Hall–Kier alpha value is -2.89. The van der Waals surface area contributed by atoms with Gasteiger partial charge in [-0.3, -0.25) is 9.59 Å². The fourth-order valence-electron chi connectivity index (χ4n) is 3.42. The predicted molar refractivity (Wildman–Crippen MR) is 100.0 cm³/mol. The summed E-state index contributed by atoms with van der Waals surface area (Å²) in [6, 6.07) is 11.6. The Morgan fingerprint density at radius 2 is 1.96 bits per heavy atom. The summed E-state index contributed by atoms with van der Waals surface area (Å²) >= 11 is 0. The zero-order valence-corrected chi connectivity index (χ0v) is 15.5. The van der Waals surface area contributed by atoms with Crippen LogP contribution in [-0.2, 0) is 16.0 Å². The molecule has 0 spiro atoms. The lowest BCUT2D eigenvalue weighted by Crippen LogP contribution is -2.39. The van der Waals surface area contributed by atoms with Crippen LogP contribution < -0.4 is 10.1 Å². The van der Waals surface area contributed by atoms with Crippen LogP contribution in [0.2, 0.25) is 0 Å². The van der Waals surface area contributed by atoms with Gasteiger partial charge in [-0.25, -0.2) is 4.39 Å². The van der Waals surface area contributed by atoms with Crippen molar-refractivity contribution in [2.75, 3.05) is 19.7 Å². The fraction of sp³-hybridized carbons (Fsp3) is 0.333. The zero-order valence-electron chi connectivity index (χ0n) is 15.5. The molecule has 0 bridgehead atoms. The van der Waals surface area contributed by atoms with Crippen LogP contribution in [0, 0.1) is 5.82 Å². The van der Waals surface area contributed by atoms with Gasteiger partial charge in [0.2, 0.25) is 5.91 Å². The van der Waals surface area contributed by atoms with Gasteiger partial charge in [-0.05, 0) is 54.3 Å². The number of fused-ring (bicyclic) bond motifs is 1. The molecule has 1 aliphatic heterocycles. The van der Waals surface area contributed by atoms with Gasteiger partial charge in [0, 0.05) is 20.0 Å². The topological polar surface area (TPSA) is 58.6 Å². The highest BCUT2D eigenvalue weighted by Crippen LogP contribution is 2.37. The van der Waals surface area contributed by atoms with Gasteiger partial charge in [0.25, 0.3) is 5.91 Å². The van der Waals surface area contributed by atoms with Crippen LogP contribution >= 0.6 is 0 Å². The minimum Gasteiger partial charge on any atom is -0.484 e. The number of rotatable bonds is 5. The van der Waals surface area contributed by atoms with Crippen molar-refractivity contribution in [2.45, 2.75) is 26.3 Å². The van der Waals surface area contributed by atoms with Crippen LogP contribution in [0.4, 0.5) is 4.39 Å². The van der Waals surface area contributed by atoms with E-state index in [2.05, 4.69) is 5.32 Å². The molecule has 0 radical (unpaired) electrons. The summed E-state index contributed by atoms with van der Waals surface area (Å²) in [7, 11) is 0. The Kier molecular flexibility index (Phi) is 5.74. The molecule has 5 nitrogen and oxygen atoms in total. The molecular formula is C21H23FN2O3. The first-order chi connectivity index (χ1) is 13.0. The Morgan fingerprint density at radius 3 is 2.63 bits per heavy atom. The van der Waals surface area contributed by atoms with E-state index in [0.29, 0.717) is 18.8 Å². The molecule has 6 heteroatoms. The fourth-order valence-corrected chi connectivity index (χ4v) is 3.42. The van der Waals surface area contributed by atoms with Crippen LogP contribution in [0.15, 0.2) is 42.5 Å². The largest absolute Gasteiger partial charge is 0.484 e. The molecule has 0 fully saturated rings. The summed E-state index contributed by atoms with van der Waals surface area (Å²) in [5, 5.41) is 2.69. The highest BCUT2D eigenvalue weighted by Gasteiger charge is 2.30. The molecule has 1 N–H and O–H groups in total. The quantitative estimate of drug-likeness (QED) is 0.881. The smallest absolute Gasteiger partial charge is 0.257 e. The minimum absolute atomic E-state index is 0.0383. The number of nitrogens with one attached hydrogen (secondary N) is 1. The van der Waals surface area contributed by atoms with Crippen molar-refractivity contribution >= 4 is 11.8 Å². The summed E-state index contributed by atoms with van der Waals surface area (Å²) < 4.78 is 19.0. The van der Waals surface area contributed by atoms with Crippen LogP contribution in [0.5, 0.6) is 5.75 Å². The molecule has 1 atom stereocenters. The van der Waals surface area contributed by atoms with E-state index in [4.69, 9.17) is 4.74 Å². The molecule has 2 amide bonds. The first-order valence-electron chi connectivity index (χ1n) is 9.04.